The van der Waals surface area contributed by atoms with Crippen LogP contribution < -0.4 is 10.6 Å². The van der Waals surface area contributed by atoms with Gasteiger partial charge in [-0.25, -0.2) is 0 Å². The molecule has 0 amide bonds. The van der Waals surface area contributed by atoms with Gasteiger partial charge in [0.05, 0.1) is 4.92 Å². The Morgan fingerprint density at radius 1 is 1.33 bits per heavy atom. The second-order valence-electron chi connectivity index (χ2n) is 5.47. The van der Waals surface area contributed by atoms with Crippen LogP contribution in [0.25, 0.3) is 0 Å². The number of para-hydroxylation sites is 1. The number of rotatable bonds is 6. The molecule has 0 aliphatic carbocycles. The van der Waals surface area contributed by atoms with Crippen LogP contribution in [-0.2, 0) is 0 Å². The van der Waals surface area contributed by atoms with Crippen LogP contribution in [0.5, 0.6) is 0 Å². The second kappa shape index (κ2) is 7.26. The van der Waals surface area contributed by atoms with Crippen LogP contribution in [0.2, 0.25) is 0 Å². The van der Waals surface area contributed by atoms with Crippen molar-refractivity contribution in [3.63, 3.8) is 0 Å². The summed E-state index contributed by atoms with van der Waals surface area (Å²) in [6.07, 6.45) is 2.31. The normalized spacial score (nSPS) is 16.7. The molecule has 2 N–H and O–H groups in total. The lowest BCUT2D eigenvalue weighted by molar-refractivity contribution is -0.383. The molecule has 6 heteroatoms. The Morgan fingerprint density at radius 2 is 2.00 bits per heavy atom. The molecule has 116 valence electrons. The van der Waals surface area contributed by atoms with E-state index in [1.807, 2.05) is 6.07 Å². The lowest BCUT2D eigenvalue weighted by Crippen LogP contribution is -2.35. The van der Waals surface area contributed by atoms with Gasteiger partial charge in [0.25, 0.3) is 0 Å². The van der Waals surface area contributed by atoms with Gasteiger partial charge < -0.3 is 15.5 Å². The van der Waals surface area contributed by atoms with Gasteiger partial charge in [-0.15, -0.1) is 0 Å². The highest BCUT2D eigenvalue weighted by Gasteiger charge is 2.21. The molecule has 0 aromatic heterocycles. The van der Waals surface area contributed by atoms with Crippen molar-refractivity contribution in [2.24, 2.45) is 5.92 Å². The van der Waals surface area contributed by atoms with E-state index in [4.69, 9.17) is 0 Å². The van der Waals surface area contributed by atoms with Gasteiger partial charge in [0, 0.05) is 13.6 Å². The average Bonchev–Trinajstić information content (AvgIpc) is 2.52. The van der Waals surface area contributed by atoms with Crippen molar-refractivity contribution >= 4 is 17.1 Å². The molecule has 0 unspecified atom stereocenters. The topological polar surface area (TPSA) is 70.4 Å². The van der Waals surface area contributed by atoms with Gasteiger partial charge in [0.15, 0.2) is 0 Å². The summed E-state index contributed by atoms with van der Waals surface area (Å²) in [4.78, 5) is 13.4. The van der Waals surface area contributed by atoms with Gasteiger partial charge in [0.2, 0.25) is 0 Å². The number of nitro benzene ring substituents is 1. The number of anilines is 2. The molecule has 21 heavy (non-hydrogen) atoms. The molecule has 0 bridgehead atoms. The monoisotopic (exact) mass is 292 g/mol. The van der Waals surface area contributed by atoms with Crippen molar-refractivity contribution in [1.29, 1.82) is 0 Å². The predicted octanol–water partition coefficient (Wildman–Crippen LogP) is 2.78. The second-order valence-corrected chi connectivity index (χ2v) is 5.47. The van der Waals surface area contributed by atoms with Crippen LogP contribution >= 0.6 is 0 Å². The molecule has 6 nitrogen and oxygen atoms in total. The Balaban J connectivity index is 1.99. The number of piperidine rings is 1. The summed E-state index contributed by atoms with van der Waals surface area (Å²) in [6.45, 7) is 6.34. The summed E-state index contributed by atoms with van der Waals surface area (Å²) in [5, 5.41) is 17.4. The van der Waals surface area contributed by atoms with Crippen LogP contribution in [0.4, 0.5) is 17.1 Å². The van der Waals surface area contributed by atoms with Crippen LogP contribution in [0, 0.1) is 16.0 Å². The van der Waals surface area contributed by atoms with Crippen molar-refractivity contribution in [1.82, 2.24) is 4.90 Å². The zero-order chi connectivity index (χ0) is 15.2. The lowest BCUT2D eigenvalue weighted by atomic mass is 9.96. The first kappa shape index (κ1) is 15.6. The SMILES string of the molecule is CCN1CCC(CNc2cccc(NC)c2[N+](=O)[O-])CC1. The largest absolute Gasteiger partial charge is 0.382 e. The summed E-state index contributed by atoms with van der Waals surface area (Å²) < 4.78 is 0. The molecular weight excluding hydrogens is 268 g/mol. The fraction of sp³-hybridized carbons (Fsp3) is 0.600. The standard InChI is InChI=1S/C15H24N4O2/c1-3-18-9-7-12(8-10-18)11-17-14-6-4-5-13(16-2)15(14)19(20)21/h4-6,12,16-17H,3,7-11H2,1-2H3. The molecule has 2 rings (SSSR count). The van der Waals surface area contributed by atoms with Crippen molar-refractivity contribution < 1.29 is 4.92 Å². The number of hydrogen-bond acceptors (Lipinski definition) is 5. The molecule has 0 spiro atoms. The molecule has 1 aliphatic rings. The summed E-state index contributed by atoms with van der Waals surface area (Å²) in [5.41, 5.74) is 1.28. The minimum atomic E-state index is -0.326. The van der Waals surface area contributed by atoms with Gasteiger partial charge >= 0.3 is 5.69 Å². The Morgan fingerprint density at radius 3 is 2.57 bits per heavy atom. The van der Waals surface area contributed by atoms with Gasteiger partial charge in [-0.1, -0.05) is 13.0 Å². The fourth-order valence-corrected chi connectivity index (χ4v) is 2.85. The Labute approximate surface area is 125 Å². The maximum atomic E-state index is 11.3. The number of nitrogens with one attached hydrogen (secondary N) is 2. The first-order valence-electron chi connectivity index (χ1n) is 7.57. The van der Waals surface area contributed by atoms with E-state index in [0.29, 0.717) is 17.3 Å². The van der Waals surface area contributed by atoms with E-state index >= 15 is 0 Å². The molecule has 1 aromatic rings. The average molecular weight is 292 g/mol. The lowest BCUT2D eigenvalue weighted by Gasteiger charge is -2.31. The number of likely N-dealkylation sites (tertiary alicyclic amines) is 1. The van der Waals surface area contributed by atoms with Crippen LogP contribution in [0.1, 0.15) is 19.8 Å². The fourth-order valence-electron chi connectivity index (χ4n) is 2.85. The highest BCUT2D eigenvalue weighted by Crippen LogP contribution is 2.32. The first-order valence-corrected chi connectivity index (χ1v) is 7.57. The molecule has 1 heterocycles. The summed E-state index contributed by atoms with van der Waals surface area (Å²) in [6, 6.07) is 5.34. The highest BCUT2D eigenvalue weighted by molar-refractivity contribution is 5.75. The van der Waals surface area contributed by atoms with E-state index in [1.54, 1.807) is 19.2 Å². The summed E-state index contributed by atoms with van der Waals surface area (Å²) >= 11 is 0. The molecule has 0 saturated carbocycles. The molecular formula is C15H24N4O2. The molecule has 1 aliphatic heterocycles. The smallest absolute Gasteiger partial charge is 0.315 e. The maximum absolute atomic E-state index is 11.3. The molecule has 1 aromatic carbocycles. The number of benzene rings is 1. The van der Waals surface area contributed by atoms with Gasteiger partial charge in [-0.05, 0) is 50.5 Å². The summed E-state index contributed by atoms with van der Waals surface area (Å²) in [5.74, 6) is 0.589. The van der Waals surface area contributed by atoms with E-state index < -0.39 is 0 Å². The highest BCUT2D eigenvalue weighted by atomic mass is 16.6. The van der Waals surface area contributed by atoms with E-state index in [1.165, 1.54) is 0 Å². The maximum Gasteiger partial charge on any atom is 0.315 e. The third-order valence-corrected chi connectivity index (χ3v) is 4.22. The number of nitrogens with zero attached hydrogens (tertiary/aromatic N) is 2. The molecule has 1 saturated heterocycles. The zero-order valence-electron chi connectivity index (χ0n) is 12.8. The van der Waals surface area contributed by atoms with Crippen LogP contribution in [0.3, 0.4) is 0 Å². The quantitative estimate of drug-likeness (QED) is 0.623. The minimum absolute atomic E-state index is 0.131. The van der Waals surface area contributed by atoms with Crippen molar-refractivity contribution in [2.75, 3.05) is 43.9 Å². The Hall–Kier alpha value is -1.82. The van der Waals surface area contributed by atoms with Crippen molar-refractivity contribution in [3.05, 3.63) is 28.3 Å². The first-order chi connectivity index (χ1) is 10.2. The van der Waals surface area contributed by atoms with Crippen molar-refractivity contribution in [2.45, 2.75) is 19.8 Å². The minimum Gasteiger partial charge on any atom is -0.382 e. The van der Waals surface area contributed by atoms with Gasteiger partial charge in [-0.3, -0.25) is 10.1 Å². The van der Waals surface area contributed by atoms with Gasteiger partial charge in [-0.2, -0.15) is 0 Å². The summed E-state index contributed by atoms with van der Waals surface area (Å²) in [7, 11) is 1.70. The molecule has 0 radical (unpaired) electrons. The third kappa shape index (κ3) is 3.85. The number of nitro groups is 1. The zero-order valence-corrected chi connectivity index (χ0v) is 12.8. The Kier molecular flexibility index (Phi) is 5.38. The molecule has 1 fully saturated rings. The van der Waals surface area contributed by atoms with E-state index in [9.17, 15) is 10.1 Å². The van der Waals surface area contributed by atoms with E-state index in [2.05, 4.69) is 22.5 Å². The van der Waals surface area contributed by atoms with Gasteiger partial charge in [0.1, 0.15) is 11.4 Å². The number of hydrogen-bond donors (Lipinski definition) is 2. The van der Waals surface area contributed by atoms with Crippen LogP contribution in [0.15, 0.2) is 18.2 Å². The van der Waals surface area contributed by atoms with Crippen molar-refractivity contribution in [3.8, 4) is 0 Å². The third-order valence-electron chi connectivity index (χ3n) is 4.22. The van der Waals surface area contributed by atoms with Crippen LogP contribution in [-0.4, -0.2) is 43.0 Å². The van der Waals surface area contributed by atoms with E-state index in [0.717, 1.165) is 39.0 Å². The predicted molar refractivity (Wildman–Crippen MR) is 86.0 cm³/mol. The van der Waals surface area contributed by atoms with E-state index in [-0.39, 0.29) is 10.6 Å². The Bertz CT molecular complexity index is 485. The molecule has 0 atom stereocenters.